The van der Waals surface area contributed by atoms with E-state index in [1.54, 1.807) is 30.3 Å². The van der Waals surface area contributed by atoms with Crippen LogP contribution in [0.25, 0.3) is 0 Å². The maximum Gasteiger partial charge on any atom is 0.331 e. The van der Waals surface area contributed by atoms with Crippen molar-refractivity contribution in [2.45, 2.75) is 13.0 Å². The predicted molar refractivity (Wildman–Crippen MR) is 55.3 cm³/mol. The summed E-state index contributed by atoms with van der Waals surface area (Å²) < 4.78 is 0. The molecule has 0 fully saturated rings. The maximum atomic E-state index is 11.1. The Morgan fingerprint density at radius 1 is 1.27 bits per heavy atom. The van der Waals surface area contributed by atoms with E-state index in [0.29, 0.717) is 5.56 Å². The summed E-state index contributed by atoms with van der Waals surface area (Å²) in [6, 6.07) is 7.77. The molecule has 0 aliphatic rings. The minimum absolute atomic E-state index is 0.272. The van der Waals surface area contributed by atoms with Gasteiger partial charge in [0.1, 0.15) is 0 Å². The number of hydrogen-bond acceptors (Lipinski definition) is 2. The fourth-order valence-corrected chi connectivity index (χ4v) is 1.35. The molecule has 0 heterocycles. The molecule has 0 aromatic heterocycles. The number of carbonyl (C=O) groups is 2. The molecule has 0 aliphatic carbocycles. The van der Waals surface area contributed by atoms with Gasteiger partial charge >= 0.3 is 5.97 Å². The second-order valence-electron chi connectivity index (χ2n) is 3.28. The van der Waals surface area contributed by atoms with E-state index in [9.17, 15) is 9.59 Å². The molecular formula is C11H13NO3. The number of amides is 1. The van der Waals surface area contributed by atoms with Gasteiger partial charge in [0, 0.05) is 14.0 Å². The predicted octanol–water partition coefficient (Wildman–Crippen LogP) is 1.29. The Morgan fingerprint density at radius 2 is 1.80 bits per heavy atom. The summed E-state index contributed by atoms with van der Waals surface area (Å²) in [5, 5.41) is 9.05. The molecular weight excluding hydrogens is 194 g/mol. The number of carbonyl (C=O) groups excluding carboxylic acids is 1. The van der Waals surface area contributed by atoms with Crippen LogP contribution in [-0.4, -0.2) is 28.9 Å². The van der Waals surface area contributed by atoms with Crippen molar-refractivity contribution in [2.24, 2.45) is 0 Å². The number of rotatable bonds is 3. The zero-order valence-corrected chi connectivity index (χ0v) is 8.68. The third-order valence-electron chi connectivity index (χ3n) is 2.23. The van der Waals surface area contributed by atoms with Gasteiger partial charge < -0.3 is 10.0 Å². The minimum Gasteiger partial charge on any atom is -0.479 e. The number of likely N-dealkylation sites (N-methyl/N-ethyl adjacent to an activating group) is 1. The van der Waals surface area contributed by atoms with Gasteiger partial charge in [-0.3, -0.25) is 4.79 Å². The molecule has 1 rings (SSSR count). The van der Waals surface area contributed by atoms with E-state index in [1.165, 1.54) is 18.9 Å². The van der Waals surface area contributed by atoms with Gasteiger partial charge in [-0.2, -0.15) is 0 Å². The first-order chi connectivity index (χ1) is 7.04. The fourth-order valence-electron chi connectivity index (χ4n) is 1.35. The van der Waals surface area contributed by atoms with Crippen molar-refractivity contribution in [1.29, 1.82) is 0 Å². The average molecular weight is 207 g/mol. The van der Waals surface area contributed by atoms with E-state index < -0.39 is 12.0 Å². The summed E-state index contributed by atoms with van der Waals surface area (Å²) in [4.78, 5) is 23.4. The number of hydrogen-bond donors (Lipinski definition) is 1. The van der Waals surface area contributed by atoms with Crippen LogP contribution in [0.4, 0.5) is 0 Å². The number of carboxylic acids is 1. The first-order valence-electron chi connectivity index (χ1n) is 4.55. The first-order valence-corrected chi connectivity index (χ1v) is 4.55. The lowest BCUT2D eigenvalue weighted by Crippen LogP contribution is -2.34. The van der Waals surface area contributed by atoms with Crippen molar-refractivity contribution < 1.29 is 14.7 Å². The van der Waals surface area contributed by atoms with Gasteiger partial charge in [0.25, 0.3) is 0 Å². The Labute approximate surface area is 88.1 Å². The van der Waals surface area contributed by atoms with Crippen LogP contribution in [0.15, 0.2) is 30.3 Å². The topological polar surface area (TPSA) is 57.6 Å². The highest BCUT2D eigenvalue weighted by Gasteiger charge is 2.25. The summed E-state index contributed by atoms with van der Waals surface area (Å²) in [7, 11) is 1.48. The SMILES string of the molecule is CC(=O)N(C)[C@H](C(=O)O)c1ccccc1. The van der Waals surface area contributed by atoms with Crippen LogP contribution in [0.3, 0.4) is 0 Å². The van der Waals surface area contributed by atoms with E-state index in [0.717, 1.165) is 0 Å². The lowest BCUT2D eigenvalue weighted by molar-refractivity contribution is -0.148. The molecule has 1 amide bonds. The zero-order chi connectivity index (χ0) is 11.4. The van der Waals surface area contributed by atoms with E-state index in [2.05, 4.69) is 0 Å². The molecule has 4 nitrogen and oxygen atoms in total. The second kappa shape index (κ2) is 4.59. The molecule has 80 valence electrons. The van der Waals surface area contributed by atoms with Crippen LogP contribution in [0, 0.1) is 0 Å². The van der Waals surface area contributed by atoms with Gasteiger partial charge in [-0.15, -0.1) is 0 Å². The third-order valence-corrected chi connectivity index (χ3v) is 2.23. The number of benzene rings is 1. The maximum absolute atomic E-state index is 11.1. The monoisotopic (exact) mass is 207 g/mol. The standard InChI is InChI=1S/C11H13NO3/c1-8(13)12(2)10(11(14)15)9-6-4-3-5-7-9/h3-7,10H,1-2H3,(H,14,15)/t10-/m0/s1. The van der Waals surface area contributed by atoms with Gasteiger partial charge in [-0.05, 0) is 5.56 Å². The smallest absolute Gasteiger partial charge is 0.331 e. The Bertz CT molecular complexity index is 361. The van der Waals surface area contributed by atoms with E-state index in [-0.39, 0.29) is 5.91 Å². The van der Waals surface area contributed by atoms with Crippen LogP contribution in [0.1, 0.15) is 18.5 Å². The Balaban J connectivity index is 3.04. The normalized spacial score (nSPS) is 11.9. The van der Waals surface area contributed by atoms with Crippen LogP contribution in [0.5, 0.6) is 0 Å². The molecule has 1 aromatic rings. The second-order valence-corrected chi connectivity index (χ2v) is 3.28. The molecule has 0 saturated heterocycles. The lowest BCUT2D eigenvalue weighted by atomic mass is 10.1. The fraction of sp³-hybridized carbons (Fsp3) is 0.273. The molecule has 1 N–H and O–H groups in total. The van der Waals surface area contributed by atoms with Crippen molar-refractivity contribution in [1.82, 2.24) is 4.90 Å². The Morgan fingerprint density at radius 3 is 2.20 bits per heavy atom. The summed E-state index contributed by atoms with van der Waals surface area (Å²) in [6.45, 7) is 1.35. The summed E-state index contributed by atoms with van der Waals surface area (Å²) in [6.07, 6.45) is 0. The van der Waals surface area contributed by atoms with Crippen molar-refractivity contribution in [3.05, 3.63) is 35.9 Å². The highest BCUT2D eigenvalue weighted by atomic mass is 16.4. The van der Waals surface area contributed by atoms with Crippen molar-refractivity contribution in [3.8, 4) is 0 Å². The molecule has 0 radical (unpaired) electrons. The van der Waals surface area contributed by atoms with Gasteiger partial charge in [-0.25, -0.2) is 4.79 Å². The highest BCUT2D eigenvalue weighted by Crippen LogP contribution is 2.19. The van der Waals surface area contributed by atoms with Crippen LogP contribution in [0.2, 0.25) is 0 Å². The highest BCUT2D eigenvalue weighted by molar-refractivity contribution is 5.83. The molecule has 0 saturated carbocycles. The van der Waals surface area contributed by atoms with Crippen molar-refractivity contribution in [3.63, 3.8) is 0 Å². The zero-order valence-electron chi connectivity index (χ0n) is 8.68. The van der Waals surface area contributed by atoms with Crippen molar-refractivity contribution >= 4 is 11.9 Å². The first kappa shape index (κ1) is 11.2. The molecule has 1 aromatic carbocycles. The largest absolute Gasteiger partial charge is 0.479 e. The number of nitrogens with zero attached hydrogens (tertiary/aromatic N) is 1. The lowest BCUT2D eigenvalue weighted by Gasteiger charge is -2.23. The van der Waals surface area contributed by atoms with E-state index >= 15 is 0 Å². The minimum atomic E-state index is -1.03. The van der Waals surface area contributed by atoms with E-state index in [4.69, 9.17) is 5.11 Å². The van der Waals surface area contributed by atoms with Gasteiger partial charge in [0.2, 0.25) is 5.91 Å². The quantitative estimate of drug-likeness (QED) is 0.812. The average Bonchev–Trinajstić information content (AvgIpc) is 2.18. The van der Waals surface area contributed by atoms with Gasteiger partial charge in [0.05, 0.1) is 0 Å². The van der Waals surface area contributed by atoms with Gasteiger partial charge in [0.15, 0.2) is 6.04 Å². The van der Waals surface area contributed by atoms with Crippen LogP contribution < -0.4 is 0 Å². The number of aliphatic carboxylic acids is 1. The molecule has 0 bridgehead atoms. The van der Waals surface area contributed by atoms with Gasteiger partial charge in [-0.1, -0.05) is 30.3 Å². The number of carboxylic acid groups (broad SMARTS) is 1. The molecule has 1 atom stereocenters. The molecule has 4 heteroatoms. The van der Waals surface area contributed by atoms with Crippen LogP contribution in [-0.2, 0) is 9.59 Å². The summed E-state index contributed by atoms with van der Waals surface area (Å²) in [5.41, 5.74) is 0.600. The Kier molecular flexibility index (Phi) is 3.44. The third kappa shape index (κ3) is 2.56. The Hall–Kier alpha value is -1.84. The molecule has 0 unspecified atom stereocenters. The summed E-state index contributed by atoms with van der Waals surface area (Å²) in [5.74, 6) is -1.30. The molecule has 0 spiro atoms. The van der Waals surface area contributed by atoms with E-state index in [1.807, 2.05) is 0 Å². The summed E-state index contributed by atoms with van der Waals surface area (Å²) >= 11 is 0. The van der Waals surface area contributed by atoms with Crippen molar-refractivity contribution in [2.75, 3.05) is 7.05 Å². The molecule has 15 heavy (non-hydrogen) atoms. The molecule has 0 aliphatic heterocycles. The van der Waals surface area contributed by atoms with Crippen LogP contribution >= 0.6 is 0 Å².